The summed E-state index contributed by atoms with van der Waals surface area (Å²) in [5.41, 5.74) is 0.785. The Labute approximate surface area is 166 Å². The average Bonchev–Trinajstić information content (AvgIpc) is 3.25. The summed E-state index contributed by atoms with van der Waals surface area (Å²) in [7, 11) is 0. The molecule has 2 aromatic heterocycles. The summed E-state index contributed by atoms with van der Waals surface area (Å²) in [6.07, 6.45) is 2.98. The fourth-order valence-electron chi connectivity index (χ4n) is 2.98. The molecule has 0 aliphatic carbocycles. The molecular weight excluding hydrogens is 379 g/mol. The van der Waals surface area contributed by atoms with Crippen molar-refractivity contribution >= 4 is 5.91 Å². The molecule has 1 fully saturated rings. The highest BCUT2D eigenvalue weighted by molar-refractivity contribution is 5.76. The van der Waals surface area contributed by atoms with Gasteiger partial charge >= 0.3 is 0 Å². The molecule has 9 heteroatoms. The molecule has 0 saturated carbocycles. The molecule has 1 amide bonds. The molecular formula is C20H19FN4O4. The average molecular weight is 398 g/mol. The topological polar surface area (TPSA) is 90.6 Å². The first-order chi connectivity index (χ1) is 14.2. The second-order valence-corrected chi connectivity index (χ2v) is 6.45. The van der Waals surface area contributed by atoms with Crippen molar-refractivity contribution in [3.05, 3.63) is 60.5 Å². The van der Waals surface area contributed by atoms with E-state index in [-0.39, 0.29) is 24.8 Å². The maximum atomic E-state index is 13.2. The predicted octanol–water partition coefficient (Wildman–Crippen LogP) is 2.64. The molecule has 1 aromatic carbocycles. The zero-order valence-electron chi connectivity index (χ0n) is 15.5. The fraction of sp³-hybridized carbons (Fsp3) is 0.300. The van der Waals surface area contributed by atoms with Crippen molar-refractivity contribution in [2.24, 2.45) is 0 Å². The van der Waals surface area contributed by atoms with Gasteiger partial charge in [-0.05, 0) is 24.3 Å². The van der Waals surface area contributed by atoms with Crippen LogP contribution in [-0.4, -0.2) is 52.2 Å². The van der Waals surface area contributed by atoms with E-state index in [2.05, 4.69) is 15.1 Å². The molecule has 4 rings (SSSR count). The Bertz CT molecular complexity index is 966. The van der Waals surface area contributed by atoms with Gasteiger partial charge in [0, 0.05) is 30.6 Å². The standard InChI is InChI=1S/C20H19FN4O4/c21-15-2-1-3-16(12-15)27-10-6-18(26)25-9-11-28-17(13-25)20-23-19(24-29-20)14-4-7-22-8-5-14/h1-5,7-8,12,17H,6,9-11,13H2. The third kappa shape index (κ3) is 4.75. The molecule has 0 bridgehead atoms. The fourth-order valence-corrected chi connectivity index (χ4v) is 2.98. The molecule has 150 valence electrons. The number of nitrogens with zero attached hydrogens (tertiary/aromatic N) is 4. The van der Waals surface area contributed by atoms with Gasteiger partial charge in [0.1, 0.15) is 11.6 Å². The van der Waals surface area contributed by atoms with Crippen molar-refractivity contribution in [2.45, 2.75) is 12.5 Å². The van der Waals surface area contributed by atoms with E-state index < -0.39 is 6.10 Å². The molecule has 1 saturated heterocycles. The third-order valence-electron chi connectivity index (χ3n) is 4.46. The highest BCUT2D eigenvalue weighted by Gasteiger charge is 2.29. The summed E-state index contributed by atoms with van der Waals surface area (Å²) in [5, 5.41) is 3.97. The van der Waals surface area contributed by atoms with Crippen LogP contribution < -0.4 is 4.74 Å². The Balaban J connectivity index is 1.32. The van der Waals surface area contributed by atoms with E-state index in [1.165, 1.54) is 12.1 Å². The van der Waals surface area contributed by atoms with Crippen molar-refractivity contribution in [3.63, 3.8) is 0 Å². The molecule has 1 unspecified atom stereocenters. The van der Waals surface area contributed by atoms with Gasteiger partial charge in [-0.15, -0.1) is 0 Å². The highest BCUT2D eigenvalue weighted by atomic mass is 19.1. The van der Waals surface area contributed by atoms with Gasteiger partial charge in [0.15, 0.2) is 6.10 Å². The number of amides is 1. The lowest BCUT2D eigenvalue weighted by Gasteiger charge is -2.31. The summed E-state index contributed by atoms with van der Waals surface area (Å²) in [5.74, 6) is 0.703. The largest absolute Gasteiger partial charge is 0.493 e. The van der Waals surface area contributed by atoms with Gasteiger partial charge in [-0.3, -0.25) is 9.78 Å². The van der Waals surface area contributed by atoms with Crippen molar-refractivity contribution in [2.75, 3.05) is 26.3 Å². The number of benzene rings is 1. The number of pyridine rings is 1. The van der Waals surface area contributed by atoms with Gasteiger partial charge in [0.05, 0.1) is 26.2 Å². The second kappa shape index (κ2) is 8.78. The lowest BCUT2D eigenvalue weighted by Crippen LogP contribution is -2.42. The molecule has 0 radical (unpaired) electrons. The van der Waals surface area contributed by atoms with Crippen LogP contribution in [0, 0.1) is 5.82 Å². The number of halogens is 1. The molecule has 1 aliphatic rings. The number of hydrogen-bond acceptors (Lipinski definition) is 7. The quantitative estimate of drug-likeness (QED) is 0.630. The molecule has 0 N–H and O–H groups in total. The molecule has 8 nitrogen and oxygen atoms in total. The van der Waals surface area contributed by atoms with E-state index in [0.29, 0.717) is 37.2 Å². The van der Waals surface area contributed by atoms with E-state index >= 15 is 0 Å². The van der Waals surface area contributed by atoms with E-state index in [0.717, 1.165) is 5.56 Å². The van der Waals surface area contributed by atoms with Crippen molar-refractivity contribution in [1.29, 1.82) is 0 Å². The second-order valence-electron chi connectivity index (χ2n) is 6.45. The van der Waals surface area contributed by atoms with E-state index in [4.69, 9.17) is 14.0 Å². The van der Waals surface area contributed by atoms with Crippen molar-refractivity contribution < 1.29 is 23.2 Å². The summed E-state index contributed by atoms with van der Waals surface area (Å²) >= 11 is 0. The van der Waals surface area contributed by atoms with Crippen LogP contribution in [0.2, 0.25) is 0 Å². The Morgan fingerprint density at radius 2 is 2.14 bits per heavy atom. The minimum Gasteiger partial charge on any atom is -0.493 e. The monoisotopic (exact) mass is 398 g/mol. The summed E-state index contributed by atoms with van der Waals surface area (Å²) < 4.78 is 29.7. The number of ether oxygens (including phenoxy) is 2. The maximum Gasteiger partial charge on any atom is 0.257 e. The number of carbonyl (C=O) groups is 1. The Hall–Kier alpha value is -3.33. The minimum atomic E-state index is -0.486. The number of aromatic nitrogens is 3. The molecule has 3 aromatic rings. The van der Waals surface area contributed by atoms with Gasteiger partial charge in [0.25, 0.3) is 5.89 Å². The van der Waals surface area contributed by atoms with Crippen LogP contribution in [0.25, 0.3) is 11.4 Å². The summed E-state index contributed by atoms with van der Waals surface area (Å²) in [4.78, 5) is 22.5. The third-order valence-corrected chi connectivity index (χ3v) is 4.46. The first-order valence-electron chi connectivity index (χ1n) is 9.21. The zero-order chi connectivity index (χ0) is 20.1. The lowest BCUT2D eigenvalue weighted by atomic mass is 10.2. The summed E-state index contributed by atoms with van der Waals surface area (Å²) in [6, 6.07) is 9.39. The number of hydrogen-bond donors (Lipinski definition) is 0. The van der Waals surface area contributed by atoms with Crippen LogP contribution in [0.3, 0.4) is 0 Å². The van der Waals surface area contributed by atoms with Crippen LogP contribution in [-0.2, 0) is 9.53 Å². The van der Waals surface area contributed by atoms with E-state index in [1.807, 2.05) is 0 Å². The van der Waals surface area contributed by atoms with Crippen LogP contribution >= 0.6 is 0 Å². The van der Waals surface area contributed by atoms with Crippen molar-refractivity contribution in [3.8, 4) is 17.1 Å². The number of morpholine rings is 1. The smallest absolute Gasteiger partial charge is 0.257 e. The van der Waals surface area contributed by atoms with Crippen LogP contribution in [0.4, 0.5) is 4.39 Å². The first kappa shape index (κ1) is 19.0. The van der Waals surface area contributed by atoms with Gasteiger partial charge in [-0.2, -0.15) is 4.98 Å². The molecule has 0 spiro atoms. The van der Waals surface area contributed by atoms with Crippen molar-refractivity contribution in [1.82, 2.24) is 20.0 Å². The Kier molecular flexibility index (Phi) is 5.76. The Morgan fingerprint density at radius 1 is 1.28 bits per heavy atom. The predicted molar refractivity (Wildman–Crippen MR) is 99.3 cm³/mol. The normalized spacial score (nSPS) is 16.6. The highest BCUT2D eigenvalue weighted by Crippen LogP contribution is 2.24. The van der Waals surface area contributed by atoms with Crippen LogP contribution in [0.15, 0.2) is 53.3 Å². The minimum absolute atomic E-state index is 0.0800. The van der Waals surface area contributed by atoms with E-state index in [9.17, 15) is 9.18 Å². The SMILES string of the molecule is O=C(CCOc1cccc(F)c1)N1CCOC(c2nc(-c3ccncc3)no2)C1. The Morgan fingerprint density at radius 3 is 2.97 bits per heavy atom. The zero-order valence-corrected chi connectivity index (χ0v) is 15.5. The van der Waals surface area contributed by atoms with Crippen LogP contribution in [0.5, 0.6) is 5.75 Å². The van der Waals surface area contributed by atoms with Crippen LogP contribution in [0.1, 0.15) is 18.4 Å². The molecule has 1 atom stereocenters. The van der Waals surface area contributed by atoms with Gasteiger partial charge in [0.2, 0.25) is 11.7 Å². The molecule has 1 aliphatic heterocycles. The molecule has 29 heavy (non-hydrogen) atoms. The lowest BCUT2D eigenvalue weighted by molar-refractivity contribution is -0.140. The first-order valence-corrected chi connectivity index (χ1v) is 9.21. The van der Waals surface area contributed by atoms with Gasteiger partial charge in [-0.25, -0.2) is 4.39 Å². The number of carbonyl (C=O) groups excluding carboxylic acids is 1. The van der Waals surface area contributed by atoms with E-state index in [1.54, 1.807) is 41.6 Å². The van der Waals surface area contributed by atoms with Gasteiger partial charge < -0.3 is 18.9 Å². The van der Waals surface area contributed by atoms with Gasteiger partial charge in [-0.1, -0.05) is 11.2 Å². The maximum absolute atomic E-state index is 13.2. The molecule has 3 heterocycles. The number of rotatable bonds is 6. The summed E-state index contributed by atoms with van der Waals surface area (Å²) in [6.45, 7) is 1.32.